The molecular formula is C15H23NO. The molecule has 2 heteroatoms. The normalized spacial score (nSPS) is 18.8. The van der Waals surface area contributed by atoms with Crippen LogP contribution in [0.15, 0.2) is 24.3 Å². The maximum Gasteiger partial charge on any atom is 0.0575 e. The molecule has 1 N–H and O–H groups in total. The molecule has 0 amide bonds. The quantitative estimate of drug-likeness (QED) is 0.867. The molecule has 1 unspecified atom stereocenters. The highest BCUT2D eigenvalue weighted by Gasteiger charge is 2.28. The number of fused-ring (bicyclic) bond motifs is 1. The van der Waals surface area contributed by atoms with Gasteiger partial charge in [-0.05, 0) is 24.5 Å². The first kappa shape index (κ1) is 12.6. The smallest absolute Gasteiger partial charge is 0.0575 e. The van der Waals surface area contributed by atoms with E-state index in [0.29, 0.717) is 0 Å². The van der Waals surface area contributed by atoms with Crippen LogP contribution in [0.3, 0.4) is 0 Å². The molecule has 0 saturated heterocycles. The fourth-order valence-corrected chi connectivity index (χ4v) is 2.40. The van der Waals surface area contributed by atoms with Crippen molar-refractivity contribution in [1.82, 2.24) is 4.90 Å². The number of aliphatic hydroxyl groups is 1. The third-order valence-corrected chi connectivity index (χ3v) is 3.97. The van der Waals surface area contributed by atoms with Gasteiger partial charge in [0.1, 0.15) is 0 Å². The van der Waals surface area contributed by atoms with Crippen LogP contribution in [0.2, 0.25) is 0 Å². The fourth-order valence-electron chi connectivity index (χ4n) is 2.40. The van der Waals surface area contributed by atoms with E-state index in [1.165, 1.54) is 11.1 Å². The second-order valence-electron chi connectivity index (χ2n) is 5.89. The zero-order chi connectivity index (χ0) is 12.5. The Morgan fingerprint density at radius 3 is 2.59 bits per heavy atom. The Balaban J connectivity index is 2.03. The van der Waals surface area contributed by atoms with Crippen LogP contribution in [-0.2, 0) is 13.0 Å². The van der Waals surface area contributed by atoms with Crippen molar-refractivity contribution in [2.75, 3.05) is 13.1 Å². The molecule has 94 valence electrons. The van der Waals surface area contributed by atoms with E-state index in [-0.39, 0.29) is 11.5 Å². The summed E-state index contributed by atoms with van der Waals surface area (Å²) in [5.41, 5.74) is 2.89. The Bertz CT molecular complexity index is 384. The summed E-state index contributed by atoms with van der Waals surface area (Å²) in [6, 6.07) is 8.68. The van der Waals surface area contributed by atoms with Crippen molar-refractivity contribution in [1.29, 1.82) is 0 Å². The number of hydrogen-bond acceptors (Lipinski definition) is 2. The van der Waals surface area contributed by atoms with E-state index in [9.17, 15) is 5.11 Å². The summed E-state index contributed by atoms with van der Waals surface area (Å²) in [7, 11) is 0. The molecule has 0 saturated carbocycles. The second kappa shape index (κ2) is 4.79. The average molecular weight is 233 g/mol. The predicted octanol–water partition coefficient (Wildman–Crippen LogP) is 2.45. The lowest BCUT2D eigenvalue weighted by molar-refractivity contribution is 0.0308. The van der Waals surface area contributed by atoms with Crippen molar-refractivity contribution in [3.63, 3.8) is 0 Å². The first-order chi connectivity index (χ1) is 7.99. The Morgan fingerprint density at radius 2 is 1.94 bits per heavy atom. The molecule has 0 aromatic heterocycles. The number of rotatable bonds is 3. The Morgan fingerprint density at radius 1 is 1.29 bits per heavy atom. The van der Waals surface area contributed by atoms with E-state index >= 15 is 0 Å². The van der Waals surface area contributed by atoms with E-state index in [4.69, 9.17) is 0 Å². The summed E-state index contributed by atoms with van der Waals surface area (Å²) in [5.74, 6) is 0. The number of hydrogen-bond donors (Lipinski definition) is 1. The molecule has 1 heterocycles. The van der Waals surface area contributed by atoms with Crippen LogP contribution >= 0.6 is 0 Å². The van der Waals surface area contributed by atoms with E-state index in [2.05, 4.69) is 43.0 Å². The summed E-state index contributed by atoms with van der Waals surface area (Å²) in [6.07, 6.45) is 0.867. The van der Waals surface area contributed by atoms with Gasteiger partial charge in [-0.2, -0.15) is 0 Å². The van der Waals surface area contributed by atoms with Crippen molar-refractivity contribution >= 4 is 0 Å². The third-order valence-electron chi connectivity index (χ3n) is 3.97. The predicted molar refractivity (Wildman–Crippen MR) is 70.9 cm³/mol. The van der Waals surface area contributed by atoms with Crippen LogP contribution < -0.4 is 0 Å². The zero-order valence-electron chi connectivity index (χ0n) is 11.1. The molecule has 2 rings (SSSR count). The lowest BCUT2D eigenvalue weighted by Crippen LogP contribution is -2.42. The molecule has 2 nitrogen and oxygen atoms in total. The highest BCUT2D eigenvalue weighted by molar-refractivity contribution is 5.29. The van der Waals surface area contributed by atoms with E-state index < -0.39 is 0 Å². The van der Waals surface area contributed by atoms with Gasteiger partial charge in [-0.1, -0.05) is 38.1 Å². The largest absolute Gasteiger partial charge is 0.393 e. The van der Waals surface area contributed by atoms with Crippen LogP contribution in [0, 0.1) is 5.41 Å². The summed E-state index contributed by atoms with van der Waals surface area (Å²) in [5, 5.41) is 9.78. The summed E-state index contributed by atoms with van der Waals surface area (Å²) in [6.45, 7) is 9.24. The van der Waals surface area contributed by atoms with Gasteiger partial charge in [-0.3, -0.25) is 4.90 Å². The molecule has 1 aliphatic heterocycles. The molecule has 1 aromatic carbocycles. The van der Waals surface area contributed by atoms with Crippen molar-refractivity contribution in [2.24, 2.45) is 5.41 Å². The zero-order valence-corrected chi connectivity index (χ0v) is 11.1. The van der Waals surface area contributed by atoms with Crippen LogP contribution in [0.4, 0.5) is 0 Å². The summed E-state index contributed by atoms with van der Waals surface area (Å²) < 4.78 is 0. The minimum atomic E-state index is -0.264. The molecule has 0 bridgehead atoms. The van der Waals surface area contributed by atoms with Crippen LogP contribution in [0.1, 0.15) is 31.9 Å². The molecule has 1 aliphatic rings. The van der Waals surface area contributed by atoms with Gasteiger partial charge in [0, 0.05) is 25.0 Å². The Kier molecular flexibility index (Phi) is 3.55. The van der Waals surface area contributed by atoms with Crippen molar-refractivity contribution in [3.8, 4) is 0 Å². The standard InChI is InChI=1S/C15H23NO/c1-12(17)15(2,3)11-16-9-8-13-6-4-5-7-14(13)10-16/h4-7,12,17H,8-11H2,1-3H3. The topological polar surface area (TPSA) is 23.5 Å². The summed E-state index contributed by atoms with van der Waals surface area (Å²) in [4.78, 5) is 2.45. The van der Waals surface area contributed by atoms with Crippen molar-refractivity contribution in [2.45, 2.75) is 39.8 Å². The van der Waals surface area contributed by atoms with Gasteiger partial charge in [0.15, 0.2) is 0 Å². The second-order valence-corrected chi connectivity index (χ2v) is 5.89. The van der Waals surface area contributed by atoms with E-state index in [0.717, 1.165) is 26.1 Å². The van der Waals surface area contributed by atoms with E-state index in [1.54, 1.807) is 0 Å². The van der Waals surface area contributed by atoms with Gasteiger partial charge in [0.05, 0.1) is 6.10 Å². The van der Waals surface area contributed by atoms with E-state index in [1.807, 2.05) is 6.92 Å². The number of benzene rings is 1. The van der Waals surface area contributed by atoms with Gasteiger partial charge in [0.25, 0.3) is 0 Å². The number of aliphatic hydroxyl groups excluding tert-OH is 1. The SMILES string of the molecule is CC(O)C(C)(C)CN1CCc2ccccc2C1. The van der Waals surface area contributed by atoms with Crippen molar-refractivity contribution < 1.29 is 5.11 Å². The lowest BCUT2D eigenvalue weighted by atomic mass is 9.86. The first-order valence-corrected chi connectivity index (χ1v) is 6.46. The Hall–Kier alpha value is -0.860. The highest BCUT2D eigenvalue weighted by atomic mass is 16.3. The highest BCUT2D eigenvalue weighted by Crippen LogP contribution is 2.26. The average Bonchev–Trinajstić information content (AvgIpc) is 2.28. The van der Waals surface area contributed by atoms with Gasteiger partial charge in [0.2, 0.25) is 0 Å². The van der Waals surface area contributed by atoms with Crippen LogP contribution in [-0.4, -0.2) is 29.2 Å². The summed E-state index contributed by atoms with van der Waals surface area (Å²) >= 11 is 0. The molecule has 1 aromatic rings. The maximum atomic E-state index is 9.78. The van der Waals surface area contributed by atoms with Gasteiger partial charge in [-0.25, -0.2) is 0 Å². The maximum absolute atomic E-state index is 9.78. The van der Waals surface area contributed by atoms with Gasteiger partial charge >= 0.3 is 0 Å². The van der Waals surface area contributed by atoms with Crippen molar-refractivity contribution in [3.05, 3.63) is 35.4 Å². The first-order valence-electron chi connectivity index (χ1n) is 6.46. The fraction of sp³-hybridized carbons (Fsp3) is 0.600. The molecule has 0 spiro atoms. The minimum Gasteiger partial charge on any atom is -0.393 e. The molecule has 0 radical (unpaired) electrons. The molecule has 0 fully saturated rings. The number of nitrogens with zero attached hydrogens (tertiary/aromatic N) is 1. The molecule has 0 aliphatic carbocycles. The third kappa shape index (κ3) is 2.88. The molecular weight excluding hydrogens is 210 g/mol. The monoisotopic (exact) mass is 233 g/mol. The molecule has 17 heavy (non-hydrogen) atoms. The van der Waals surface area contributed by atoms with Crippen LogP contribution in [0.25, 0.3) is 0 Å². The Labute approximate surface area is 104 Å². The lowest BCUT2D eigenvalue weighted by Gasteiger charge is -2.37. The minimum absolute atomic E-state index is 0.0354. The van der Waals surface area contributed by atoms with Gasteiger partial charge in [-0.15, -0.1) is 0 Å². The van der Waals surface area contributed by atoms with Crippen LogP contribution in [0.5, 0.6) is 0 Å². The molecule has 1 atom stereocenters. The van der Waals surface area contributed by atoms with Gasteiger partial charge < -0.3 is 5.11 Å².